The molecular weight excluding hydrogens is 328 g/mol. The molecular formula is C25H18N2. The Morgan fingerprint density at radius 1 is 0.481 bits per heavy atom. The molecule has 2 heteroatoms. The molecule has 0 unspecified atom stereocenters. The number of hydrogen-bond acceptors (Lipinski definition) is 1. The molecule has 0 aliphatic carbocycles. The van der Waals surface area contributed by atoms with E-state index >= 15 is 0 Å². The Labute approximate surface area is 158 Å². The van der Waals surface area contributed by atoms with Crippen LogP contribution in [0.5, 0.6) is 0 Å². The van der Waals surface area contributed by atoms with Gasteiger partial charge in [0.15, 0.2) is 0 Å². The highest BCUT2D eigenvalue weighted by Gasteiger charge is 2.12. The monoisotopic (exact) mass is 346 g/mol. The van der Waals surface area contributed by atoms with Gasteiger partial charge in [0.2, 0.25) is 0 Å². The van der Waals surface area contributed by atoms with Crippen molar-refractivity contribution in [3.05, 3.63) is 109 Å². The van der Waals surface area contributed by atoms with E-state index in [0.29, 0.717) is 0 Å². The van der Waals surface area contributed by atoms with Gasteiger partial charge in [-0.1, -0.05) is 91.0 Å². The molecule has 0 aliphatic rings. The zero-order chi connectivity index (χ0) is 18.1. The summed E-state index contributed by atoms with van der Waals surface area (Å²) in [7, 11) is 0. The summed E-state index contributed by atoms with van der Waals surface area (Å²) in [5, 5.41) is 4.91. The molecule has 0 N–H and O–H groups in total. The fourth-order valence-electron chi connectivity index (χ4n) is 3.46. The van der Waals surface area contributed by atoms with E-state index in [-0.39, 0.29) is 0 Å². The second kappa shape index (κ2) is 6.58. The van der Waals surface area contributed by atoms with Crippen LogP contribution < -0.4 is 0 Å². The summed E-state index contributed by atoms with van der Waals surface area (Å²) in [4.78, 5) is 0. The van der Waals surface area contributed by atoms with Crippen molar-refractivity contribution in [1.82, 2.24) is 9.61 Å². The lowest BCUT2D eigenvalue weighted by molar-refractivity contribution is 0.974. The van der Waals surface area contributed by atoms with Crippen molar-refractivity contribution in [3.63, 3.8) is 0 Å². The van der Waals surface area contributed by atoms with Gasteiger partial charge in [0.1, 0.15) is 0 Å². The fourth-order valence-corrected chi connectivity index (χ4v) is 3.46. The number of aromatic nitrogens is 2. The molecule has 2 heterocycles. The first kappa shape index (κ1) is 15.6. The average Bonchev–Trinajstić information content (AvgIpc) is 3.19. The lowest BCUT2D eigenvalue weighted by atomic mass is 10.0. The molecule has 0 fully saturated rings. The Hall–Kier alpha value is -3.65. The quantitative estimate of drug-likeness (QED) is 0.373. The van der Waals surface area contributed by atoms with Gasteiger partial charge in [-0.2, -0.15) is 5.10 Å². The van der Waals surface area contributed by atoms with Crippen LogP contribution in [0.2, 0.25) is 0 Å². The van der Waals surface area contributed by atoms with Gasteiger partial charge in [0.05, 0.1) is 16.9 Å². The molecule has 0 atom stereocenters. The minimum atomic E-state index is 0.984. The predicted octanol–water partition coefficient (Wildman–Crippen LogP) is 6.34. The molecule has 5 rings (SSSR count). The Bertz CT molecular complexity index is 1190. The van der Waals surface area contributed by atoms with Gasteiger partial charge in [-0.25, -0.2) is 4.52 Å². The Morgan fingerprint density at radius 3 is 1.67 bits per heavy atom. The average molecular weight is 346 g/mol. The Morgan fingerprint density at radius 2 is 1.04 bits per heavy atom. The number of nitrogens with zero attached hydrogens (tertiary/aromatic N) is 2. The number of benzene rings is 3. The first-order chi connectivity index (χ1) is 13.4. The van der Waals surface area contributed by atoms with Crippen LogP contribution in [0.4, 0.5) is 0 Å². The summed E-state index contributed by atoms with van der Waals surface area (Å²) in [6, 6.07) is 37.9. The van der Waals surface area contributed by atoms with Crippen LogP contribution >= 0.6 is 0 Å². The van der Waals surface area contributed by atoms with Gasteiger partial charge in [-0.05, 0) is 29.3 Å². The maximum atomic E-state index is 4.91. The van der Waals surface area contributed by atoms with Crippen molar-refractivity contribution in [2.45, 2.75) is 0 Å². The van der Waals surface area contributed by atoms with Crippen LogP contribution in [-0.4, -0.2) is 9.61 Å². The minimum Gasteiger partial charge on any atom is -0.232 e. The molecule has 2 aromatic heterocycles. The molecule has 2 nitrogen and oxygen atoms in total. The topological polar surface area (TPSA) is 17.3 Å². The summed E-state index contributed by atoms with van der Waals surface area (Å²) in [5.74, 6) is 0. The van der Waals surface area contributed by atoms with Crippen LogP contribution in [0.1, 0.15) is 0 Å². The summed E-state index contributed by atoms with van der Waals surface area (Å²) >= 11 is 0. The van der Waals surface area contributed by atoms with Crippen LogP contribution in [-0.2, 0) is 0 Å². The van der Waals surface area contributed by atoms with Crippen molar-refractivity contribution in [1.29, 1.82) is 0 Å². The van der Waals surface area contributed by atoms with Crippen molar-refractivity contribution in [3.8, 4) is 33.6 Å². The second-order valence-corrected chi connectivity index (χ2v) is 6.59. The Balaban J connectivity index is 1.78. The van der Waals surface area contributed by atoms with E-state index < -0.39 is 0 Å². The number of pyridine rings is 1. The highest BCUT2D eigenvalue weighted by atomic mass is 15.2. The van der Waals surface area contributed by atoms with Crippen molar-refractivity contribution in [2.24, 2.45) is 0 Å². The largest absolute Gasteiger partial charge is 0.232 e. The van der Waals surface area contributed by atoms with E-state index in [1.165, 1.54) is 11.1 Å². The van der Waals surface area contributed by atoms with Crippen LogP contribution in [0.25, 0.3) is 39.2 Å². The molecule has 0 spiro atoms. The fraction of sp³-hybridized carbons (Fsp3) is 0. The minimum absolute atomic E-state index is 0.984. The molecule has 0 aliphatic heterocycles. The molecule has 0 bridgehead atoms. The zero-order valence-electron chi connectivity index (χ0n) is 14.8. The molecule has 0 amide bonds. The van der Waals surface area contributed by atoms with Crippen molar-refractivity contribution >= 4 is 5.52 Å². The maximum absolute atomic E-state index is 4.91. The molecule has 128 valence electrons. The second-order valence-electron chi connectivity index (χ2n) is 6.59. The number of hydrogen-bond donors (Lipinski definition) is 0. The van der Waals surface area contributed by atoms with E-state index in [9.17, 15) is 0 Å². The lowest BCUT2D eigenvalue weighted by Crippen LogP contribution is -1.95. The Kier molecular flexibility index (Phi) is 3.80. The predicted molar refractivity (Wildman–Crippen MR) is 112 cm³/mol. The van der Waals surface area contributed by atoms with Crippen LogP contribution in [0, 0.1) is 0 Å². The van der Waals surface area contributed by atoms with Gasteiger partial charge >= 0.3 is 0 Å². The zero-order valence-corrected chi connectivity index (χ0v) is 14.8. The van der Waals surface area contributed by atoms with Crippen LogP contribution in [0.3, 0.4) is 0 Å². The molecule has 3 aromatic carbocycles. The lowest BCUT2D eigenvalue weighted by Gasteiger charge is -2.09. The molecule has 27 heavy (non-hydrogen) atoms. The first-order valence-corrected chi connectivity index (χ1v) is 9.08. The molecule has 0 saturated heterocycles. The molecule has 0 radical (unpaired) electrons. The third-order valence-electron chi connectivity index (χ3n) is 4.81. The number of fused-ring (bicyclic) bond motifs is 1. The highest BCUT2D eigenvalue weighted by molar-refractivity contribution is 5.78. The third kappa shape index (κ3) is 2.91. The molecule has 5 aromatic rings. The van der Waals surface area contributed by atoms with E-state index in [0.717, 1.165) is 28.0 Å². The summed E-state index contributed by atoms with van der Waals surface area (Å²) < 4.78 is 2.05. The van der Waals surface area contributed by atoms with E-state index in [1.54, 1.807) is 0 Å². The number of rotatable bonds is 3. The van der Waals surface area contributed by atoms with Gasteiger partial charge in [0, 0.05) is 11.1 Å². The van der Waals surface area contributed by atoms with E-state index in [2.05, 4.69) is 78.9 Å². The summed E-state index contributed by atoms with van der Waals surface area (Å²) in [6.45, 7) is 0. The smallest absolute Gasteiger partial charge is 0.0933 e. The SMILES string of the molecule is c1ccc(-c2cc(-c3ccccc3)n3nc(-c4ccccc4)cc3c2)cc1. The highest BCUT2D eigenvalue weighted by Crippen LogP contribution is 2.30. The summed E-state index contributed by atoms with van der Waals surface area (Å²) in [6.07, 6.45) is 0. The van der Waals surface area contributed by atoms with Gasteiger partial charge in [-0.3, -0.25) is 0 Å². The standard InChI is InChI=1S/C25H18N2/c1-4-10-19(11-5-1)22-16-23-18-24(20-12-6-2-7-13-20)26-27(23)25(17-22)21-14-8-3-9-15-21/h1-18H. The van der Waals surface area contributed by atoms with Gasteiger partial charge < -0.3 is 0 Å². The third-order valence-corrected chi connectivity index (χ3v) is 4.81. The van der Waals surface area contributed by atoms with Crippen molar-refractivity contribution in [2.75, 3.05) is 0 Å². The van der Waals surface area contributed by atoms with E-state index in [4.69, 9.17) is 5.10 Å². The maximum Gasteiger partial charge on any atom is 0.0933 e. The first-order valence-electron chi connectivity index (χ1n) is 9.08. The normalized spacial score (nSPS) is 11.0. The van der Waals surface area contributed by atoms with Crippen LogP contribution in [0.15, 0.2) is 109 Å². The molecule has 0 saturated carbocycles. The van der Waals surface area contributed by atoms with Gasteiger partial charge in [0.25, 0.3) is 0 Å². The summed E-state index contributed by atoms with van der Waals surface area (Å²) in [5.41, 5.74) is 7.85. The van der Waals surface area contributed by atoms with Crippen molar-refractivity contribution < 1.29 is 0 Å². The van der Waals surface area contributed by atoms with Gasteiger partial charge in [-0.15, -0.1) is 0 Å². The van der Waals surface area contributed by atoms with E-state index in [1.807, 2.05) is 34.8 Å².